The monoisotopic (exact) mass is 212 g/mol. The molecule has 0 nitrogen and oxygen atoms in total. The Hall–Kier alpha value is -0.170. The third kappa shape index (κ3) is 3.53. The zero-order valence-electron chi connectivity index (χ0n) is 10.4. The number of allylic oxidation sites excluding steroid dienone is 3. The van der Waals surface area contributed by atoms with Crippen LogP contribution in [0, 0.1) is 11.3 Å². The number of thiol groups is 1. The van der Waals surface area contributed by atoms with Gasteiger partial charge in [-0.2, -0.15) is 12.6 Å². The molecule has 0 radical (unpaired) electrons. The van der Waals surface area contributed by atoms with E-state index in [4.69, 9.17) is 0 Å². The van der Waals surface area contributed by atoms with Crippen LogP contribution in [0.15, 0.2) is 23.3 Å². The summed E-state index contributed by atoms with van der Waals surface area (Å²) in [6.45, 7) is 17.4. The average molecular weight is 212 g/mol. The van der Waals surface area contributed by atoms with Gasteiger partial charge in [0.05, 0.1) is 0 Å². The molecule has 0 rings (SSSR count). The van der Waals surface area contributed by atoms with Crippen molar-refractivity contribution >= 4 is 12.6 Å². The molecule has 0 amide bonds. The van der Waals surface area contributed by atoms with Gasteiger partial charge in [-0.1, -0.05) is 39.8 Å². The number of rotatable bonds is 3. The lowest BCUT2D eigenvalue weighted by Crippen LogP contribution is -2.12. The molecule has 82 valence electrons. The maximum Gasteiger partial charge on any atom is -0.00347 e. The molecule has 0 aromatic rings. The molecule has 1 heteroatoms. The summed E-state index contributed by atoms with van der Waals surface area (Å²) < 4.78 is 0. The van der Waals surface area contributed by atoms with Gasteiger partial charge in [0.2, 0.25) is 0 Å². The van der Waals surface area contributed by atoms with E-state index >= 15 is 0 Å². The normalized spacial score (nSPS) is 16.2. The van der Waals surface area contributed by atoms with Crippen LogP contribution in [-0.2, 0) is 0 Å². The minimum Gasteiger partial charge on any atom is -0.179 e. The highest BCUT2D eigenvalue weighted by Gasteiger charge is 2.18. The van der Waals surface area contributed by atoms with Crippen LogP contribution >= 0.6 is 12.6 Å². The molecule has 0 aliphatic carbocycles. The molecule has 0 N–H and O–H groups in total. The van der Waals surface area contributed by atoms with Crippen molar-refractivity contribution in [3.8, 4) is 0 Å². The van der Waals surface area contributed by atoms with Crippen LogP contribution in [0.2, 0.25) is 0 Å². The van der Waals surface area contributed by atoms with E-state index in [2.05, 4.69) is 60.8 Å². The van der Waals surface area contributed by atoms with Crippen molar-refractivity contribution in [2.45, 2.75) is 41.5 Å². The van der Waals surface area contributed by atoms with Gasteiger partial charge >= 0.3 is 0 Å². The molecule has 1 unspecified atom stereocenters. The van der Waals surface area contributed by atoms with Gasteiger partial charge in [-0.15, -0.1) is 0 Å². The lowest BCUT2D eigenvalue weighted by atomic mass is 9.80. The first-order chi connectivity index (χ1) is 6.21. The molecule has 0 aromatic carbocycles. The van der Waals surface area contributed by atoms with Gasteiger partial charge in [-0.3, -0.25) is 0 Å². The van der Waals surface area contributed by atoms with E-state index in [1.807, 2.05) is 0 Å². The highest BCUT2D eigenvalue weighted by atomic mass is 32.1. The molecular weight excluding hydrogens is 188 g/mol. The summed E-state index contributed by atoms with van der Waals surface area (Å²) in [7, 11) is 0. The van der Waals surface area contributed by atoms with Crippen molar-refractivity contribution < 1.29 is 0 Å². The van der Waals surface area contributed by atoms with E-state index in [1.165, 1.54) is 16.7 Å². The number of hydrogen-bond donors (Lipinski definition) is 1. The fourth-order valence-electron chi connectivity index (χ4n) is 1.31. The first-order valence-electron chi connectivity index (χ1n) is 5.19. The fourth-order valence-corrected chi connectivity index (χ4v) is 1.58. The van der Waals surface area contributed by atoms with Crippen LogP contribution in [0.4, 0.5) is 0 Å². The first-order valence-corrected chi connectivity index (χ1v) is 5.83. The van der Waals surface area contributed by atoms with Gasteiger partial charge < -0.3 is 0 Å². The molecule has 0 aromatic heterocycles. The Bertz CT molecular complexity index is 240. The van der Waals surface area contributed by atoms with Gasteiger partial charge in [0, 0.05) is 0 Å². The third-order valence-corrected chi connectivity index (χ3v) is 3.51. The number of hydrogen-bond acceptors (Lipinski definition) is 1. The van der Waals surface area contributed by atoms with E-state index in [0.717, 1.165) is 5.75 Å². The molecule has 0 aliphatic heterocycles. The lowest BCUT2D eigenvalue weighted by Gasteiger charge is -2.25. The second kappa shape index (κ2) is 5.06. The van der Waals surface area contributed by atoms with Gasteiger partial charge in [-0.05, 0) is 42.1 Å². The van der Waals surface area contributed by atoms with Crippen molar-refractivity contribution in [3.63, 3.8) is 0 Å². The zero-order valence-corrected chi connectivity index (χ0v) is 11.3. The molecular formula is C13H24S. The van der Waals surface area contributed by atoms with Gasteiger partial charge in [0.1, 0.15) is 0 Å². The predicted molar refractivity (Wildman–Crippen MR) is 70.0 cm³/mol. The van der Waals surface area contributed by atoms with Crippen molar-refractivity contribution in [1.82, 2.24) is 0 Å². The summed E-state index contributed by atoms with van der Waals surface area (Å²) in [5.41, 5.74) is 4.17. The molecule has 1 atom stereocenters. The van der Waals surface area contributed by atoms with Crippen LogP contribution in [-0.4, -0.2) is 5.75 Å². The molecule has 14 heavy (non-hydrogen) atoms. The van der Waals surface area contributed by atoms with E-state index in [0.29, 0.717) is 5.92 Å². The predicted octanol–water partition coefficient (Wildman–Crippen LogP) is 4.49. The van der Waals surface area contributed by atoms with Gasteiger partial charge in [0.15, 0.2) is 0 Å². The highest BCUT2D eigenvalue weighted by Crippen LogP contribution is 2.32. The van der Waals surface area contributed by atoms with E-state index in [1.54, 1.807) is 0 Å². The Kier molecular flexibility index (Phi) is 5.00. The molecule has 0 heterocycles. The Balaban J connectivity index is 4.93. The summed E-state index contributed by atoms with van der Waals surface area (Å²) in [5, 5.41) is 0. The smallest absolute Gasteiger partial charge is 0.00347 e. The van der Waals surface area contributed by atoms with E-state index in [-0.39, 0.29) is 5.41 Å². The molecule has 0 aliphatic rings. The molecule has 0 spiro atoms. The van der Waals surface area contributed by atoms with Crippen LogP contribution in [0.3, 0.4) is 0 Å². The quantitative estimate of drug-likeness (QED) is 0.517. The summed E-state index contributed by atoms with van der Waals surface area (Å²) in [6.07, 6.45) is 0. The minimum absolute atomic E-state index is 0.168. The molecule has 0 fully saturated rings. The Morgan fingerprint density at radius 3 is 2.00 bits per heavy atom. The Morgan fingerprint density at radius 1 is 1.29 bits per heavy atom. The van der Waals surface area contributed by atoms with Crippen LogP contribution in [0.1, 0.15) is 41.5 Å². The highest BCUT2D eigenvalue weighted by molar-refractivity contribution is 7.80. The average Bonchev–Trinajstić information content (AvgIpc) is 2.11. The summed E-state index contributed by atoms with van der Waals surface area (Å²) in [5.74, 6) is 1.44. The Morgan fingerprint density at radius 2 is 1.71 bits per heavy atom. The maximum absolute atomic E-state index is 4.33. The second-order valence-corrected chi connectivity index (χ2v) is 5.49. The summed E-state index contributed by atoms with van der Waals surface area (Å²) >= 11 is 4.33. The third-order valence-electron chi connectivity index (χ3n) is 2.96. The van der Waals surface area contributed by atoms with Crippen LogP contribution in [0.5, 0.6) is 0 Å². The first kappa shape index (κ1) is 13.8. The standard InChI is InChI=1S/C13H24S/c1-9(8-14)10(2)11(3)12(4)13(5,6)7/h9,14H,4,8H2,1-3,5-7H3/b11-10+. The van der Waals surface area contributed by atoms with E-state index < -0.39 is 0 Å². The maximum atomic E-state index is 4.33. The summed E-state index contributed by atoms with van der Waals surface area (Å²) in [6, 6.07) is 0. The Labute approximate surface area is 94.9 Å². The lowest BCUT2D eigenvalue weighted by molar-refractivity contribution is 0.510. The van der Waals surface area contributed by atoms with Crippen molar-refractivity contribution in [2.75, 3.05) is 5.75 Å². The van der Waals surface area contributed by atoms with Crippen LogP contribution in [0.25, 0.3) is 0 Å². The van der Waals surface area contributed by atoms with E-state index in [9.17, 15) is 0 Å². The molecule has 0 bridgehead atoms. The zero-order chi connectivity index (χ0) is 11.5. The SMILES string of the molecule is C=C(/C(C)=C(\C)C(C)CS)C(C)(C)C. The van der Waals surface area contributed by atoms with Crippen LogP contribution < -0.4 is 0 Å². The molecule has 0 saturated heterocycles. The van der Waals surface area contributed by atoms with Crippen molar-refractivity contribution in [2.24, 2.45) is 11.3 Å². The minimum atomic E-state index is 0.168. The largest absolute Gasteiger partial charge is 0.179 e. The van der Waals surface area contributed by atoms with Gasteiger partial charge in [-0.25, -0.2) is 0 Å². The second-order valence-electron chi connectivity index (χ2n) is 5.12. The van der Waals surface area contributed by atoms with Crippen molar-refractivity contribution in [1.29, 1.82) is 0 Å². The van der Waals surface area contributed by atoms with Gasteiger partial charge in [0.25, 0.3) is 0 Å². The fraction of sp³-hybridized carbons (Fsp3) is 0.692. The van der Waals surface area contributed by atoms with Crippen molar-refractivity contribution in [3.05, 3.63) is 23.3 Å². The summed E-state index contributed by atoms with van der Waals surface area (Å²) in [4.78, 5) is 0. The molecule has 0 saturated carbocycles. The topological polar surface area (TPSA) is 0 Å².